The van der Waals surface area contributed by atoms with E-state index in [-0.39, 0.29) is 12.4 Å². The molecule has 0 N–H and O–H groups in total. The fraction of sp³-hybridized carbons (Fsp3) is 0.700. The standard InChI is InChI=1S/C20H36OP.ClH/c1-5-8-15-22(16-9-6-2,17-10-7-3)18-19-13-11-12-14-20(19)21-4;/h11-14H,5-10,15-18H2,1-4H3;1H/q+1;/p-1. The molecule has 0 aliphatic heterocycles. The van der Waals surface area contributed by atoms with Crippen LogP contribution in [0, 0.1) is 0 Å². The predicted molar refractivity (Wildman–Crippen MR) is 103 cm³/mol. The summed E-state index contributed by atoms with van der Waals surface area (Å²) in [6, 6.07) is 8.68. The van der Waals surface area contributed by atoms with E-state index in [9.17, 15) is 0 Å². The Bertz CT molecular complexity index is 387. The highest BCUT2D eigenvalue weighted by atomic mass is 35.5. The van der Waals surface area contributed by atoms with Crippen LogP contribution in [0.4, 0.5) is 0 Å². The lowest BCUT2D eigenvalue weighted by atomic mass is 10.2. The Morgan fingerprint density at radius 3 is 1.74 bits per heavy atom. The molecule has 0 saturated carbocycles. The van der Waals surface area contributed by atoms with Crippen molar-refractivity contribution in [1.29, 1.82) is 0 Å². The maximum Gasteiger partial charge on any atom is 0.125 e. The molecule has 0 radical (unpaired) electrons. The summed E-state index contributed by atoms with van der Waals surface area (Å²) >= 11 is 0. The monoisotopic (exact) mass is 358 g/mol. The van der Waals surface area contributed by atoms with Gasteiger partial charge in [0.25, 0.3) is 0 Å². The summed E-state index contributed by atoms with van der Waals surface area (Å²) in [5.74, 6) is 1.09. The molecule has 0 aliphatic carbocycles. The summed E-state index contributed by atoms with van der Waals surface area (Å²) in [6.45, 7) is 6.99. The molecule has 1 rings (SSSR count). The van der Waals surface area contributed by atoms with Gasteiger partial charge in [-0.05, 0) is 25.3 Å². The van der Waals surface area contributed by atoms with Crippen LogP contribution in [0.15, 0.2) is 24.3 Å². The molecule has 0 fully saturated rings. The molecule has 0 aromatic heterocycles. The van der Waals surface area contributed by atoms with E-state index in [1.54, 1.807) is 0 Å². The quantitative estimate of drug-likeness (QED) is 0.518. The number of ether oxygens (including phenoxy) is 1. The summed E-state index contributed by atoms with van der Waals surface area (Å²) in [5, 5.41) is 0. The van der Waals surface area contributed by atoms with E-state index in [4.69, 9.17) is 4.74 Å². The Kier molecular flexibility index (Phi) is 12.9. The van der Waals surface area contributed by atoms with Gasteiger partial charge in [-0.2, -0.15) is 0 Å². The molecule has 1 aromatic rings. The van der Waals surface area contributed by atoms with E-state index in [1.807, 2.05) is 7.11 Å². The second-order valence-electron chi connectivity index (χ2n) is 6.54. The van der Waals surface area contributed by atoms with Crippen molar-refractivity contribution in [2.75, 3.05) is 25.6 Å². The molecule has 0 spiro atoms. The summed E-state index contributed by atoms with van der Waals surface area (Å²) in [5.41, 5.74) is 1.45. The molecule has 23 heavy (non-hydrogen) atoms. The summed E-state index contributed by atoms with van der Waals surface area (Å²) < 4.78 is 5.62. The van der Waals surface area contributed by atoms with Crippen LogP contribution in [-0.4, -0.2) is 25.6 Å². The molecular weight excluding hydrogens is 323 g/mol. The van der Waals surface area contributed by atoms with Gasteiger partial charge in [0.1, 0.15) is 5.75 Å². The van der Waals surface area contributed by atoms with Gasteiger partial charge >= 0.3 is 0 Å². The molecule has 134 valence electrons. The predicted octanol–water partition coefficient (Wildman–Crippen LogP) is 3.62. The third-order valence-electron chi connectivity index (χ3n) is 4.66. The molecule has 0 aliphatic rings. The third kappa shape index (κ3) is 7.90. The van der Waals surface area contributed by atoms with Crippen molar-refractivity contribution in [3.8, 4) is 5.75 Å². The Hall–Kier alpha value is -0.260. The van der Waals surface area contributed by atoms with Gasteiger partial charge in [0, 0.05) is 12.8 Å². The van der Waals surface area contributed by atoms with E-state index < -0.39 is 7.26 Å². The maximum absolute atomic E-state index is 5.62. The Morgan fingerprint density at radius 2 is 1.30 bits per heavy atom. The number of halogens is 1. The van der Waals surface area contributed by atoms with Crippen molar-refractivity contribution in [1.82, 2.24) is 0 Å². The minimum Gasteiger partial charge on any atom is -1.00 e. The molecule has 0 bridgehead atoms. The third-order valence-corrected chi connectivity index (χ3v) is 9.46. The minimum absolute atomic E-state index is 0. The van der Waals surface area contributed by atoms with Crippen LogP contribution in [0.25, 0.3) is 0 Å². The molecule has 1 nitrogen and oxygen atoms in total. The average molecular weight is 359 g/mol. The molecule has 3 heteroatoms. The van der Waals surface area contributed by atoms with Crippen molar-refractivity contribution in [2.45, 2.75) is 65.5 Å². The number of hydrogen-bond acceptors (Lipinski definition) is 1. The fourth-order valence-electron chi connectivity index (χ4n) is 3.25. The molecule has 0 atom stereocenters. The lowest BCUT2D eigenvalue weighted by Gasteiger charge is -2.28. The van der Waals surface area contributed by atoms with Gasteiger partial charge < -0.3 is 17.1 Å². The largest absolute Gasteiger partial charge is 1.00 e. The number of benzene rings is 1. The van der Waals surface area contributed by atoms with Crippen LogP contribution in [0.5, 0.6) is 5.75 Å². The number of rotatable bonds is 12. The van der Waals surface area contributed by atoms with Gasteiger partial charge in [-0.1, -0.05) is 58.2 Å². The van der Waals surface area contributed by atoms with Gasteiger partial charge in [-0.15, -0.1) is 0 Å². The highest BCUT2D eigenvalue weighted by Gasteiger charge is 2.36. The molecule has 1 aromatic carbocycles. The lowest BCUT2D eigenvalue weighted by molar-refractivity contribution is -0.00000521. The van der Waals surface area contributed by atoms with Crippen molar-refractivity contribution >= 4 is 7.26 Å². The Balaban J connectivity index is 0.00000484. The van der Waals surface area contributed by atoms with Crippen LogP contribution < -0.4 is 17.1 Å². The van der Waals surface area contributed by atoms with E-state index in [0.29, 0.717) is 0 Å². The van der Waals surface area contributed by atoms with Gasteiger partial charge in [0.05, 0.1) is 31.8 Å². The first kappa shape index (κ1) is 22.7. The fourth-order valence-corrected chi connectivity index (χ4v) is 8.34. The summed E-state index contributed by atoms with van der Waals surface area (Å²) in [7, 11) is 0.921. The average Bonchev–Trinajstić information content (AvgIpc) is 2.56. The van der Waals surface area contributed by atoms with Gasteiger partial charge in [0.15, 0.2) is 0 Å². The van der Waals surface area contributed by atoms with E-state index >= 15 is 0 Å². The zero-order valence-electron chi connectivity index (χ0n) is 15.6. The van der Waals surface area contributed by atoms with Crippen molar-refractivity contribution in [3.05, 3.63) is 29.8 Å². The molecule has 0 unspecified atom stereocenters. The smallest absolute Gasteiger partial charge is 0.125 e. The highest BCUT2D eigenvalue weighted by Crippen LogP contribution is 2.63. The van der Waals surface area contributed by atoms with E-state index in [1.165, 1.54) is 68.7 Å². The first-order valence-corrected chi connectivity index (χ1v) is 11.7. The highest BCUT2D eigenvalue weighted by molar-refractivity contribution is 7.75. The molecule has 0 heterocycles. The van der Waals surface area contributed by atoms with Crippen LogP contribution in [0.2, 0.25) is 0 Å². The maximum atomic E-state index is 5.62. The summed E-state index contributed by atoms with van der Waals surface area (Å²) in [6.07, 6.45) is 13.9. The zero-order chi connectivity index (χ0) is 16.3. The van der Waals surface area contributed by atoms with E-state index in [0.717, 1.165) is 5.75 Å². The van der Waals surface area contributed by atoms with Crippen LogP contribution >= 0.6 is 7.26 Å². The second-order valence-corrected chi connectivity index (χ2v) is 10.9. The van der Waals surface area contributed by atoms with Gasteiger partial charge in [-0.25, -0.2) is 0 Å². The molecule has 0 amide bonds. The van der Waals surface area contributed by atoms with Crippen molar-refractivity contribution < 1.29 is 17.1 Å². The first-order valence-electron chi connectivity index (χ1n) is 9.18. The Labute approximate surface area is 151 Å². The Morgan fingerprint density at radius 1 is 0.826 bits per heavy atom. The molecular formula is C20H36ClOP. The minimum atomic E-state index is -0.888. The van der Waals surface area contributed by atoms with Crippen LogP contribution in [-0.2, 0) is 6.16 Å². The summed E-state index contributed by atoms with van der Waals surface area (Å²) in [4.78, 5) is 0. The number of para-hydroxylation sites is 1. The number of hydrogen-bond donors (Lipinski definition) is 0. The number of unbranched alkanes of at least 4 members (excludes halogenated alkanes) is 3. The molecule has 0 saturated heterocycles. The second kappa shape index (κ2) is 13.1. The van der Waals surface area contributed by atoms with Crippen LogP contribution in [0.3, 0.4) is 0 Å². The van der Waals surface area contributed by atoms with Gasteiger partial charge in [-0.3, -0.25) is 0 Å². The number of methoxy groups -OCH3 is 1. The topological polar surface area (TPSA) is 9.23 Å². The SMILES string of the molecule is CCCC[P+](CCCC)(CCCC)Cc1ccccc1OC.[Cl-]. The van der Waals surface area contributed by atoms with Crippen molar-refractivity contribution in [3.63, 3.8) is 0 Å². The van der Waals surface area contributed by atoms with Crippen molar-refractivity contribution in [2.24, 2.45) is 0 Å². The van der Waals surface area contributed by atoms with E-state index in [2.05, 4.69) is 45.0 Å². The van der Waals surface area contributed by atoms with Crippen LogP contribution in [0.1, 0.15) is 64.9 Å². The normalized spacial score (nSPS) is 11.1. The zero-order valence-corrected chi connectivity index (χ0v) is 17.3. The first-order chi connectivity index (χ1) is 10.7. The van der Waals surface area contributed by atoms with Gasteiger partial charge in [0.2, 0.25) is 0 Å². The lowest BCUT2D eigenvalue weighted by Crippen LogP contribution is -3.00.